The van der Waals surface area contributed by atoms with E-state index in [2.05, 4.69) is 4.72 Å². The maximum Gasteiger partial charge on any atom is 0.253 e. The van der Waals surface area contributed by atoms with E-state index in [4.69, 9.17) is 11.6 Å². The standard InChI is InChI=1S/C17H23ClN2O4S/c18-14-5-1-4-13(10-14)16(21)20-9-2-6-15(11-20)25(23,24)19-12-17(22)7-3-8-17/h1,4-5,10,15,19,22H,2-3,6-9,11-12H2. The zero-order valence-corrected chi connectivity index (χ0v) is 15.5. The Morgan fingerprint density at radius 2 is 2.12 bits per heavy atom. The van der Waals surface area contributed by atoms with Gasteiger partial charge < -0.3 is 10.0 Å². The van der Waals surface area contributed by atoms with Gasteiger partial charge in [-0.3, -0.25) is 4.79 Å². The molecule has 1 unspecified atom stereocenters. The quantitative estimate of drug-likeness (QED) is 0.807. The third-order valence-corrected chi connectivity index (χ3v) is 7.11. The van der Waals surface area contributed by atoms with E-state index in [-0.39, 0.29) is 19.0 Å². The number of nitrogens with zero attached hydrogens (tertiary/aromatic N) is 1. The lowest BCUT2D eigenvalue weighted by Gasteiger charge is -2.38. The number of amides is 1. The molecule has 0 bridgehead atoms. The van der Waals surface area contributed by atoms with Crippen molar-refractivity contribution in [3.63, 3.8) is 0 Å². The average Bonchev–Trinajstić information content (AvgIpc) is 2.58. The third kappa shape index (κ3) is 4.34. The topological polar surface area (TPSA) is 86.7 Å². The maximum absolute atomic E-state index is 12.6. The second-order valence-electron chi connectivity index (χ2n) is 6.97. The van der Waals surface area contributed by atoms with Crippen LogP contribution in [0, 0.1) is 0 Å². The van der Waals surface area contributed by atoms with Crippen molar-refractivity contribution in [1.29, 1.82) is 0 Å². The summed E-state index contributed by atoms with van der Waals surface area (Å²) >= 11 is 5.93. The van der Waals surface area contributed by atoms with Gasteiger partial charge in [0, 0.05) is 30.2 Å². The molecule has 1 heterocycles. The number of carbonyl (C=O) groups excluding carboxylic acids is 1. The molecule has 8 heteroatoms. The SMILES string of the molecule is O=C(c1cccc(Cl)c1)N1CCCC(S(=O)(=O)NCC2(O)CCC2)C1. The Balaban J connectivity index is 1.64. The van der Waals surface area contributed by atoms with E-state index in [9.17, 15) is 18.3 Å². The van der Waals surface area contributed by atoms with Crippen molar-refractivity contribution >= 4 is 27.5 Å². The van der Waals surface area contributed by atoms with Gasteiger partial charge in [-0.05, 0) is 50.3 Å². The molecule has 2 N–H and O–H groups in total. The number of piperidine rings is 1. The molecule has 1 saturated carbocycles. The summed E-state index contributed by atoms with van der Waals surface area (Å²) in [6.45, 7) is 0.731. The number of hydrogen-bond acceptors (Lipinski definition) is 4. The molecule has 0 radical (unpaired) electrons. The molecular weight excluding hydrogens is 364 g/mol. The number of carbonyl (C=O) groups is 1. The van der Waals surface area contributed by atoms with Crippen LogP contribution in [-0.2, 0) is 10.0 Å². The van der Waals surface area contributed by atoms with Crippen LogP contribution in [0.1, 0.15) is 42.5 Å². The smallest absolute Gasteiger partial charge is 0.253 e. The minimum absolute atomic E-state index is 0.0497. The molecule has 138 valence electrons. The number of likely N-dealkylation sites (tertiary alicyclic amines) is 1. The van der Waals surface area contributed by atoms with Gasteiger partial charge in [0.1, 0.15) is 0 Å². The van der Waals surface area contributed by atoms with E-state index in [1.165, 1.54) is 0 Å². The van der Waals surface area contributed by atoms with E-state index >= 15 is 0 Å². The van der Waals surface area contributed by atoms with E-state index in [0.29, 0.717) is 42.8 Å². The fourth-order valence-corrected chi connectivity index (χ4v) is 5.04. The molecule has 1 aromatic rings. The molecule has 1 amide bonds. The number of nitrogens with one attached hydrogen (secondary N) is 1. The summed E-state index contributed by atoms with van der Waals surface area (Å²) in [6.07, 6.45) is 3.30. The van der Waals surface area contributed by atoms with Crippen LogP contribution in [0.15, 0.2) is 24.3 Å². The average molecular weight is 387 g/mol. The molecule has 2 fully saturated rings. The first-order chi connectivity index (χ1) is 11.8. The first-order valence-electron chi connectivity index (χ1n) is 8.55. The van der Waals surface area contributed by atoms with Gasteiger partial charge in [0.05, 0.1) is 10.9 Å². The summed E-state index contributed by atoms with van der Waals surface area (Å²) in [5, 5.41) is 9.90. The van der Waals surface area contributed by atoms with Crippen LogP contribution in [0.5, 0.6) is 0 Å². The molecule has 1 saturated heterocycles. The van der Waals surface area contributed by atoms with Gasteiger partial charge in [0.25, 0.3) is 5.91 Å². The summed E-state index contributed by atoms with van der Waals surface area (Å²) in [5.74, 6) is -0.208. The Kier molecular flexibility index (Phi) is 5.39. The summed E-state index contributed by atoms with van der Waals surface area (Å²) in [4.78, 5) is 14.2. The first-order valence-corrected chi connectivity index (χ1v) is 10.5. The van der Waals surface area contributed by atoms with Crippen LogP contribution in [0.4, 0.5) is 0 Å². The number of sulfonamides is 1. The Hall–Kier alpha value is -1.15. The maximum atomic E-state index is 12.6. The number of benzene rings is 1. The van der Waals surface area contributed by atoms with Crippen molar-refractivity contribution in [3.8, 4) is 0 Å². The van der Waals surface area contributed by atoms with Gasteiger partial charge in [-0.1, -0.05) is 17.7 Å². The lowest BCUT2D eigenvalue weighted by molar-refractivity contribution is -0.0271. The summed E-state index contributed by atoms with van der Waals surface area (Å²) in [6, 6.07) is 6.66. The van der Waals surface area contributed by atoms with E-state index in [0.717, 1.165) is 6.42 Å². The lowest BCUT2D eigenvalue weighted by atomic mass is 9.81. The molecule has 1 atom stereocenters. The molecule has 25 heavy (non-hydrogen) atoms. The highest BCUT2D eigenvalue weighted by Crippen LogP contribution is 2.31. The van der Waals surface area contributed by atoms with Crippen molar-refractivity contribution in [1.82, 2.24) is 9.62 Å². The normalized spacial score (nSPS) is 23.1. The zero-order chi connectivity index (χ0) is 18.1. The summed E-state index contributed by atoms with van der Waals surface area (Å²) < 4.78 is 27.6. The molecule has 1 aromatic carbocycles. The predicted octanol–water partition coefficient (Wildman–Crippen LogP) is 1.78. The van der Waals surface area contributed by atoms with Crippen molar-refractivity contribution in [2.75, 3.05) is 19.6 Å². The van der Waals surface area contributed by atoms with Crippen LogP contribution >= 0.6 is 11.6 Å². The summed E-state index contributed by atoms with van der Waals surface area (Å²) in [5.41, 5.74) is -0.444. The molecule has 6 nitrogen and oxygen atoms in total. The fourth-order valence-electron chi connectivity index (χ4n) is 3.29. The minimum Gasteiger partial charge on any atom is -0.389 e. The van der Waals surface area contributed by atoms with Crippen LogP contribution < -0.4 is 4.72 Å². The third-order valence-electron chi connectivity index (χ3n) is 5.06. The van der Waals surface area contributed by atoms with Crippen LogP contribution in [-0.4, -0.2) is 54.8 Å². The van der Waals surface area contributed by atoms with E-state index < -0.39 is 20.9 Å². The number of aliphatic hydroxyl groups is 1. The Morgan fingerprint density at radius 3 is 2.76 bits per heavy atom. The Bertz CT molecular complexity index is 749. The van der Waals surface area contributed by atoms with E-state index in [1.54, 1.807) is 29.2 Å². The molecule has 1 aliphatic heterocycles. The second kappa shape index (κ2) is 7.23. The highest BCUT2D eigenvalue weighted by Gasteiger charge is 2.38. The van der Waals surface area contributed by atoms with Gasteiger partial charge >= 0.3 is 0 Å². The molecular formula is C17H23ClN2O4S. The fraction of sp³-hybridized carbons (Fsp3) is 0.588. The summed E-state index contributed by atoms with van der Waals surface area (Å²) in [7, 11) is -3.58. The van der Waals surface area contributed by atoms with E-state index in [1.807, 2.05) is 0 Å². The highest BCUT2D eigenvalue weighted by molar-refractivity contribution is 7.90. The monoisotopic (exact) mass is 386 g/mol. The molecule has 3 rings (SSSR count). The molecule has 1 aliphatic carbocycles. The minimum atomic E-state index is -3.58. The Labute approximate surface area is 153 Å². The predicted molar refractivity (Wildman–Crippen MR) is 96.1 cm³/mol. The van der Waals surface area contributed by atoms with Gasteiger partial charge in [-0.25, -0.2) is 13.1 Å². The lowest BCUT2D eigenvalue weighted by Crippen LogP contribution is -2.53. The number of halogens is 1. The van der Waals surface area contributed by atoms with Gasteiger partial charge in [-0.15, -0.1) is 0 Å². The van der Waals surface area contributed by atoms with Crippen LogP contribution in [0.3, 0.4) is 0 Å². The molecule has 0 spiro atoms. The van der Waals surface area contributed by atoms with Gasteiger partial charge in [-0.2, -0.15) is 0 Å². The van der Waals surface area contributed by atoms with Crippen molar-refractivity contribution < 1.29 is 18.3 Å². The van der Waals surface area contributed by atoms with Crippen molar-refractivity contribution in [2.24, 2.45) is 0 Å². The first kappa shape index (κ1) is 18.6. The molecule has 2 aliphatic rings. The Morgan fingerprint density at radius 1 is 1.36 bits per heavy atom. The molecule has 0 aromatic heterocycles. The van der Waals surface area contributed by atoms with Crippen LogP contribution in [0.25, 0.3) is 0 Å². The van der Waals surface area contributed by atoms with Gasteiger partial charge in [0.2, 0.25) is 10.0 Å². The van der Waals surface area contributed by atoms with Crippen molar-refractivity contribution in [3.05, 3.63) is 34.9 Å². The second-order valence-corrected chi connectivity index (χ2v) is 9.45. The highest BCUT2D eigenvalue weighted by atomic mass is 35.5. The zero-order valence-electron chi connectivity index (χ0n) is 13.9. The van der Waals surface area contributed by atoms with Crippen LogP contribution in [0.2, 0.25) is 5.02 Å². The number of hydrogen-bond donors (Lipinski definition) is 2. The van der Waals surface area contributed by atoms with Gasteiger partial charge in [0.15, 0.2) is 0 Å². The van der Waals surface area contributed by atoms with Crippen molar-refractivity contribution in [2.45, 2.75) is 43.0 Å². The number of rotatable bonds is 5. The largest absolute Gasteiger partial charge is 0.389 e.